The van der Waals surface area contributed by atoms with Crippen molar-refractivity contribution in [1.82, 2.24) is 4.90 Å². The van der Waals surface area contributed by atoms with Crippen LogP contribution in [0, 0.1) is 5.92 Å². The first-order chi connectivity index (χ1) is 15.9. The Morgan fingerprint density at radius 1 is 1.06 bits per heavy atom. The van der Waals surface area contributed by atoms with E-state index in [1.807, 2.05) is 12.1 Å². The minimum atomic E-state index is -0.716. The number of benzene rings is 2. The van der Waals surface area contributed by atoms with Gasteiger partial charge in [-0.25, -0.2) is 0 Å². The molecule has 3 aliphatic rings. The van der Waals surface area contributed by atoms with Crippen molar-refractivity contribution in [3.05, 3.63) is 48.0 Å². The Bertz CT molecular complexity index is 1110. The van der Waals surface area contributed by atoms with Gasteiger partial charge in [0.15, 0.2) is 5.78 Å². The van der Waals surface area contributed by atoms with E-state index in [0.717, 1.165) is 5.69 Å². The average Bonchev–Trinajstić information content (AvgIpc) is 3.42. The average molecular weight is 450 g/mol. The largest absolute Gasteiger partial charge is 0.497 e. The SMILES string of the molecule is COc1ccc(N2CC(C(=O)N3CCC4(CC(=O)c5cc(OC)ccc5O4)C3)CC2=O)cc1. The van der Waals surface area contributed by atoms with E-state index in [4.69, 9.17) is 14.2 Å². The first kappa shape index (κ1) is 21.3. The van der Waals surface area contributed by atoms with Gasteiger partial charge in [0.2, 0.25) is 11.8 Å². The number of Topliss-reactive ketones (excluding diaryl/α,β-unsaturated/α-hetero) is 1. The lowest BCUT2D eigenvalue weighted by molar-refractivity contribution is -0.135. The molecule has 2 saturated heterocycles. The van der Waals surface area contributed by atoms with Crippen LogP contribution in [0.1, 0.15) is 29.6 Å². The molecule has 0 N–H and O–H groups in total. The van der Waals surface area contributed by atoms with Crippen LogP contribution in [-0.4, -0.2) is 62.0 Å². The third kappa shape index (κ3) is 3.79. The van der Waals surface area contributed by atoms with Gasteiger partial charge >= 0.3 is 0 Å². The van der Waals surface area contributed by atoms with Crippen molar-refractivity contribution in [2.75, 3.05) is 38.8 Å². The Morgan fingerprint density at radius 3 is 2.52 bits per heavy atom. The summed E-state index contributed by atoms with van der Waals surface area (Å²) in [7, 11) is 3.15. The molecule has 3 heterocycles. The molecule has 2 fully saturated rings. The molecular weight excluding hydrogens is 424 g/mol. The molecule has 0 radical (unpaired) electrons. The summed E-state index contributed by atoms with van der Waals surface area (Å²) in [4.78, 5) is 42.1. The van der Waals surface area contributed by atoms with Crippen molar-refractivity contribution in [2.45, 2.75) is 24.9 Å². The van der Waals surface area contributed by atoms with Crippen LogP contribution in [0.25, 0.3) is 0 Å². The van der Waals surface area contributed by atoms with Crippen molar-refractivity contribution in [3.8, 4) is 17.2 Å². The molecule has 8 nitrogen and oxygen atoms in total. The number of rotatable bonds is 4. The summed E-state index contributed by atoms with van der Waals surface area (Å²) in [5.74, 6) is 1.30. The van der Waals surface area contributed by atoms with E-state index >= 15 is 0 Å². The van der Waals surface area contributed by atoms with Gasteiger partial charge in [-0.05, 0) is 42.5 Å². The molecule has 2 unspecified atom stereocenters. The predicted molar refractivity (Wildman–Crippen MR) is 120 cm³/mol. The highest BCUT2D eigenvalue weighted by Crippen LogP contribution is 2.40. The highest BCUT2D eigenvalue weighted by molar-refractivity contribution is 6.02. The minimum absolute atomic E-state index is 0.00817. The molecule has 8 heteroatoms. The van der Waals surface area contributed by atoms with Crippen LogP contribution in [0.5, 0.6) is 17.2 Å². The number of carbonyl (C=O) groups is 3. The number of anilines is 1. The summed E-state index contributed by atoms with van der Waals surface area (Å²) < 4.78 is 16.7. The first-order valence-electron chi connectivity index (χ1n) is 11.0. The summed E-state index contributed by atoms with van der Waals surface area (Å²) in [6.07, 6.45) is 0.980. The molecule has 3 aliphatic heterocycles. The normalized spacial score (nSPS) is 24.1. The second-order valence-corrected chi connectivity index (χ2v) is 8.86. The molecule has 0 bridgehead atoms. The fourth-order valence-electron chi connectivity index (χ4n) is 5.00. The fraction of sp³-hybridized carbons (Fsp3) is 0.400. The number of likely N-dealkylation sites (tertiary alicyclic amines) is 1. The predicted octanol–water partition coefficient (Wildman–Crippen LogP) is 2.69. The van der Waals surface area contributed by atoms with Gasteiger partial charge in [0.25, 0.3) is 0 Å². The Labute approximate surface area is 192 Å². The summed E-state index contributed by atoms with van der Waals surface area (Å²) in [6.45, 7) is 1.19. The number of ether oxygens (including phenoxy) is 3. The number of carbonyl (C=O) groups excluding carboxylic acids is 3. The maximum atomic E-state index is 13.3. The monoisotopic (exact) mass is 450 g/mol. The van der Waals surface area contributed by atoms with Gasteiger partial charge in [0.1, 0.15) is 22.8 Å². The van der Waals surface area contributed by atoms with Crippen LogP contribution in [0.3, 0.4) is 0 Å². The van der Waals surface area contributed by atoms with E-state index < -0.39 is 11.5 Å². The van der Waals surface area contributed by atoms with E-state index in [1.165, 1.54) is 0 Å². The molecule has 2 aromatic carbocycles. The molecule has 5 rings (SSSR count). The Morgan fingerprint density at radius 2 is 1.79 bits per heavy atom. The number of fused-ring (bicyclic) bond motifs is 1. The molecule has 0 aliphatic carbocycles. The third-order valence-corrected chi connectivity index (χ3v) is 6.78. The second-order valence-electron chi connectivity index (χ2n) is 8.86. The Balaban J connectivity index is 1.27. The molecule has 1 spiro atoms. The van der Waals surface area contributed by atoms with E-state index in [2.05, 4.69) is 0 Å². The first-order valence-corrected chi connectivity index (χ1v) is 11.0. The summed E-state index contributed by atoms with van der Waals surface area (Å²) in [6, 6.07) is 12.4. The van der Waals surface area contributed by atoms with Crippen LogP contribution in [0.15, 0.2) is 42.5 Å². The van der Waals surface area contributed by atoms with E-state index in [9.17, 15) is 14.4 Å². The molecule has 33 heavy (non-hydrogen) atoms. The van der Waals surface area contributed by atoms with Crippen molar-refractivity contribution in [1.29, 1.82) is 0 Å². The lowest BCUT2D eigenvalue weighted by Gasteiger charge is -2.35. The quantitative estimate of drug-likeness (QED) is 0.712. The highest BCUT2D eigenvalue weighted by Gasteiger charge is 2.49. The van der Waals surface area contributed by atoms with Crippen LogP contribution in [0.2, 0.25) is 0 Å². The summed E-state index contributed by atoms with van der Waals surface area (Å²) in [5.41, 5.74) is 0.551. The van der Waals surface area contributed by atoms with Gasteiger partial charge < -0.3 is 24.0 Å². The van der Waals surface area contributed by atoms with Gasteiger partial charge in [-0.15, -0.1) is 0 Å². The van der Waals surface area contributed by atoms with Gasteiger partial charge in [-0.3, -0.25) is 14.4 Å². The molecule has 2 aromatic rings. The Hall–Kier alpha value is -3.55. The van der Waals surface area contributed by atoms with Gasteiger partial charge in [-0.1, -0.05) is 0 Å². The number of amides is 2. The smallest absolute Gasteiger partial charge is 0.228 e. The van der Waals surface area contributed by atoms with Crippen LogP contribution >= 0.6 is 0 Å². The van der Waals surface area contributed by atoms with E-state index in [-0.39, 0.29) is 30.4 Å². The molecule has 0 saturated carbocycles. The van der Waals surface area contributed by atoms with Gasteiger partial charge in [0.05, 0.1) is 38.7 Å². The lowest BCUT2D eigenvalue weighted by Crippen LogP contribution is -2.46. The molecule has 172 valence electrons. The maximum absolute atomic E-state index is 13.3. The topological polar surface area (TPSA) is 85.4 Å². The molecule has 2 atom stereocenters. The second kappa shape index (κ2) is 8.10. The van der Waals surface area contributed by atoms with Crippen LogP contribution < -0.4 is 19.1 Å². The highest BCUT2D eigenvalue weighted by atomic mass is 16.5. The number of hydrogen-bond acceptors (Lipinski definition) is 6. The van der Waals surface area contributed by atoms with E-state index in [1.54, 1.807) is 54.4 Å². The standard InChI is InChI=1S/C25H26N2O6/c1-31-18-5-3-17(4-6-18)27-14-16(11-23(27)29)24(30)26-10-9-25(15-26)13-21(28)20-12-19(32-2)7-8-22(20)33-25/h3-8,12,16H,9-11,13-15H2,1-2H3. The van der Waals surface area contributed by atoms with Crippen LogP contribution in [-0.2, 0) is 9.59 Å². The van der Waals surface area contributed by atoms with E-state index in [0.29, 0.717) is 48.9 Å². The van der Waals surface area contributed by atoms with Crippen LogP contribution in [0.4, 0.5) is 5.69 Å². The zero-order chi connectivity index (χ0) is 23.2. The van der Waals surface area contributed by atoms with Crippen molar-refractivity contribution in [3.63, 3.8) is 0 Å². The fourth-order valence-corrected chi connectivity index (χ4v) is 5.00. The third-order valence-electron chi connectivity index (χ3n) is 6.78. The zero-order valence-corrected chi connectivity index (χ0v) is 18.7. The van der Waals surface area contributed by atoms with Gasteiger partial charge in [-0.2, -0.15) is 0 Å². The molecule has 0 aromatic heterocycles. The lowest BCUT2D eigenvalue weighted by atomic mass is 9.89. The summed E-state index contributed by atoms with van der Waals surface area (Å²) in [5, 5.41) is 0. The summed E-state index contributed by atoms with van der Waals surface area (Å²) >= 11 is 0. The van der Waals surface area contributed by atoms with Gasteiger partial charge in [0, 0.05) is 31.6 Å². The maximum Gasteiger partial charge on any atom is 0.228 e. The Kier molecular flexibility index (Phi) is 5.23. The van der Waals surface area contributed by atoms with Crippen molar-refractivity contribution >= 4 is 23.3 Å². The molecule has 2 amide bonds. The number of hydrogen-bond donors (Lipinski definition) is 0. The van der Waals surface area contributed by atoms with Crippen molar-refractivity contribution in [2.24, 2.45) is 5.92 Å². The number of methoxy groups -OCH3 is 2. The minimum Gasteiger partial charge on any atom is -0.497 e. The number of nitrogens with zero attached hydrogens (tertiary/aromatic N) is 2. The number of ketones is 1. The molecular formula is C25H26N2O6. The van der Waals surface area contributed by atoms with Crippen molar-refractivity contribution < 1.29 is 28.6 Å². The zero-order valence-electron chi connectivity index (χ0n) is 18.7.